The second-order valence-corrected chi connectivity index (χ2v) is 11.1. The maximum Gasteiger partial charge on any atom is 0.222 e. The first-order chi connectivity index (χ1) is 21.6. The van der Waals surface area contributed by atoms with Crippen molar-refractivity contribution < 1.29 is 10.1 Å². The van der Waals surface area contributed by atoms with Crippen molar-refractivity contribution in [2.45, 2.75) is 5.41 Å². The third-order valence-electron chi connectivity index (χ3n) is 8.70. The smallest absolute Gasteiger partial charge is 0.222 e. The van der Waals surface area contributed by atoms with Crippen molar-refractivity contribution in [1.82, 2.24) is 4.98 Å². The van der Waals surface area contributed by atoms with Crippen LogP contribution < -0.4 is 10.1 Å². The minimum absolute atomic E-state index is 0.390. The molecule has 208 valence electrons. The molecule has 0 unspecified atom stereocenters. The van der Waals surface area contributed by atoms with Gasteiger partial charge in [0.1, 0.15) is 17.2 Å². The van der Waals surface area contributed by atoms with Crippen LogP contribution in [0, 0.1) is 5.41 Å². The molecule has 8 rings (SSSR count). The van der Waals surface area contributed by atoms with Gasteiger partial charge in [0.2, 0.25) is 5.71 Å². The highest BCUT2D eigenvalue weighted by Crippen LogP contribution is 2.62. The van der Waals surface area contributed by atoms with Gasteiger partial charge in [-0.25, -0.2) is 4.98 Å². The number of pyridine rings is 1. The van der Waals surface area contributed by atoms with Crippen LogP contribution in [0.1, 0.15) is 33.5 Å². The molecule has 4 nitrogen and oxygen atoms in total. The second-order valence-electron chi connectivity index (χ2n) is 11.1. The summed E-state index contributed by atoms with van der Waals surface area (Å²) in [7, 11) is 0. The standard InChI is InChI=1S/C40H27N3O/c41-34(26-11-2-1-3-12-26)23-24-35(42)37-19-10-18-36(43-37)27-21-22-33-39(25-27)44-38-20-9-8-17-32(38)40(33)30-15-6-4-13-28(30)29-14-5-7-16-31(29)40/h1-25,41-42H/p+1/b24-23-,41-34?,42-35?. The van der Waals surface area contributed by atoms with E-state index in [1.807, 2.05) is 54.6 Å². The van der Waals surface area contributed by atoms with Crippen LogP contribution >= 0.6 is 0 Å². The lowest BCUT2D eigenvalue weighted by Crippen LogP contribution is -2.39. The zero-order valence-electron chi connectivity index (χ0n) is 23.9. The number of nitrogens with two attached hydrogens (primary N) is 1. The molecule has 1 spiro atoms. The molecule has 1 aliphatic heterocycles. The molecule has 44 heavy (non-hydrogen) atoms. The average Bonchev–Trinajstić information content (AvgIpc) is 3.38. The molecule has 0 saturated heterocycles. The van der Waals surface area contributed by atoms with Gasteiger partial charge in [-0.1, -0.05) is 115 Å². The number of para-hydroxylation sites is 1. The monoisotopic (exact) mass is 566 g/mol. The number of allylic oxidation sites excluding steroid dienone is 2. The van der Waals surface area contributed by atoms with Gasteiger partial charge in [0, 0.05) is 22.8 Å². The number of nitrogens with zero attached hydrogens (tertiary/aromatic N) is 1. The number of fused-ring (bicyclic) bond motifs is 9. The van der Waals surface area contributed by atoms with Gasteiger partial charge in [0.15, 0.2) is 0 Å². The average molecular weight is 567 g/mol. The molecule has 0 fully saturated rings. The second kappa shape index (κ2) is 10.1. The Morgan fingerprint density at radius 2 is 1.25 bits per heavy atom. The summed E-state index contributed by atoms with van der Waals surface area (Å²) in [5.74, 6) is 1.67. The van der Waals surface area contributed by atoms with Gasteiger partial charge in [-0.3, -0.25) is 5.41 Å². The van der Waals surface area contributed by atoms with Crippen LogP contribution in [0.15, 0.2) is 152 Å². The summed E-state index contributed by atoms with van der Waals surface area (Å²) >= 11 is 0. The van der Waals surface area contributed by atoms with E-state index in [1.54, 1.807) is 12.2 Å². The van der Waals surface area contributed by atoms with Gasteiger partial charge in [-0.15, -0.1) is 0 Å². The zero-order chi connectivity index (χ0) is 29.7. The highest BCUT2D eigenvalue weighted by atomic mass is 16.5. The highest BCUT2D eigenvalue weighted by molar-refractivity contribution is 6.12. The number of rotatable bonds is 5. The van der Waals surface area contributed by atoms with Crippen molar-refractivity contribution in [3.63, 3.8) is 0 Å². The summed E-state index contributed by atoms with van der Waals surface area (Å²) in [6.07, 6.45) is 3.45. The van der Waals surface area contributed by atoms with Crippen molar-refractivity contribution in [3.05, 3.63) is 185 Å². The normalized spacial score (nSPS) is 13.5. The van der Waals surface area contributed by atoms with E-state index in [2.05, 4.69) is 84.9 Å². The van der Waals surface area contributed by atoms with E-state index in [9.17, 15) is 0 Å². The fraction of sp³-hybridized carbons (Fsp3) is 0.0250. The first kappa shape index (κ1) is 25.8. The molecule has 5 aromatic carbocycles. The molecular weight excluding hydrogens is 538 g/mol. The van der Waals surface area contributed by atoms with E-state index in [1.165, 1.54) is 22.3 Å². The molecule has 0 radical (unpaired) electrons. The van der Waals surface area contributed by atoms with Gasteiger partial charge < -0.3 is 10.1 Å². The molecule has 2 heterocycles. The van der Waals surface area contributed by atoms with Crippen LogP contribution in [-0.2, 0) is 5.41 Å². The molecule has 2 aliphatic rings. The maximum absolute atomic E-state index is 8.37. The highest BCUT2D eigenvalue weighted by Gasteiger charge is 2.50. The quantitative estimate of drug-likeness (QED) is 0.213. The van der Waals surface area contributed by atoms with E-state index in [0.717, 1.165) is 39.4 Å². The zero-order valence-corrected chi connectivity index (χ0v) is 23.9. The number of aromatic nitrogens is 1. The number of ether oxygens (including phenoxy) is 1. The van der Waals surface area contributed by atoms with Crippen molar-refractivity contribution in [2.24, 2.45) is 0 Å². The van der Waals surface area contributed by atoms with E-state index >= 15 is 0 Å². The van der Waals surface area contributed by atoms with Crippen LogP contribution in [-0.4, -0.2) is 16.4 Å². The molecule has 0 bridgehead atoms. The molecule has 4 heteroatoms. The van der Waals surface area contributed by atoms with E-state index in [0.29, 0.717) is 17.1 Å². The Bertz CT molecular complexity index is 2100. The molecular formula is C40H28N3O+. The van der Waals surface area contributed by atoms with Crippen LogP contribution in [0.25, 0.3) is 22.4 Å². The molecule has 0 atom stereocenters. The minimum Gasteiger partial charge on any atom is -0.457 e. The van der Waals surface area contributed by atoms with Gasteiger partial charge >= 0.3 is 0 Å². The summed E-state index contributed by atoms with van der Waals surface area (Å²) < 4.78 is 6.65. The summed E-state index contributed by atoms with van der Waals surface area (Å²) in [4.78, 5) is 4.91. The Hall–Kier alpha value is -5.87. The van der Waals surface area contributed by atoms with E-state index in [4.69, 9.17) is 20.5 Å². The van der Waals surface area contributed by atoms with E-state index < -0.39 is 5.41 Å². The van der Waals surface area contributed by atoms with Gasteiger partial charge in [0.25, 0.3) is 0 Å². The van der Waals surface area contributed by atoms with Crippen LogP contribution in [0.5, 0.6) is 11.5 Å². The van der Waals surface area contributed by atoms with Gasteiger partial charge in [0.05, 0.1) is 16.8 Å². The number of hydrogen-bond donors (Lipinski definition) is 2. The summed E-state index contributed by atoms with van der Waals surface area (Å²) in [5.41, 5.74) is 10.9. The van der Waals surface area contributed by atoms with Crippen molar-refractivity contribution in [1.29, 1.82) is 5.41 Å². The number of benzene rings is 5. The van der Waals surface area contributed by atoms with Crippen LogP contribution in [0.2, 0.25) is 0 Å². The van der Waals surface area contributed by atoms with E-state index in [-0.39, 0.29) is 0 Å². The van der Waals surface area contributed by atoms with Gasteiger partial charge in [-0.2, -0.15) is 0 Å². The molecule has 1 aliphatic carbocycles. The third-order valence-corrected chi connectivity index (χ3v) is 8.70. The Morgan fingerprint density at radius 1 is 0.614 bits per heavy atom. The summed E-state index contributed by atoms with van der Waals surface area (Å²) in [6, 6.07) is 47.7. The Balaban J connectivity index is 1.21. The van der Waals surface area contributed by atoms with Crippen molar-refractivity contribution >= 4 is 11.4 Å². The van der Waals surface area contributed by atoms with Crippen LogP contribution in [0.3, 0.4) is 0 Å². The molecule has 0 saturated carbocycles. The summed E-state index contributed by atoms with van der Waals surface area (Å²) in [5, 5.41) is 14.8. The molecule has 3 N–H and O–H groups in total. The largest absolute Gasteiger partial charge is 0.457 e. The van der Waals surface area contributed by atoms with Crippen molar-refractivity contribution in [3.8, 4) is 33.9 Å². The Labute approximate surface area is 256 Å². The predicted molar refractivity (Wildman–Crippen MR) is 175 cm³/mol. The lowest BCUT2D eigenvalue weighted by Gasteiger charge is -2.39. The maximum atomic E-state index is 8.37. The lowest BCUT2D eigenvalue weighted by atomic mass is 9.66. The third kappa shape index (κ3) is 3.89. The summed E-state index contributed by atoms with van der Waals surface area (Å²) in [6.45, 7) is 0. The topological polar surface area (TPSA) is 71.6 Å². The minimum atomic E-state index is -0.489. The predicted octanol–water partition coefficient (Wildman–Crippen LogP) is 7.39. The number of nitrogens with one attached hydrogen (secondary N) is 1. The fourth-order valence-corrected chi connectivity index (χ4v) is 6.75. The van der Waals surface area contributed by atoms with Crippen LogP contribution in [0.4, 0.5) is 0 Å². The van der Waals surface area contributed by atoms with Gasteiger partial charge in [-0.05, 0) is 58.2 Å². The first-order valence-electron chi connectivity index (χ1n) is 14.7. The fourth-order valence-electron chi connectivity index (χ4n) is 6.75. The molecule has 6 aromatic rings. The Morgan fingerprint density at radius 3 is 2.00 bits per heavy atom. The molecule has 0 amide bonds. The molecule has 1 aromatic heterocycles. The van der Waals surface area contributed by atoms with Crippen molar-refractivity contribution in [2.75, 3.05) is 0 Å². The SMILES string of the molecule is N=C(/C=C\C(=[NH2+])c1cccc(-c2ccc3c(c2)Oc2ccccc2C32c3ccccc3-c3ccccc32)n1)c1ccccc1. The Kier molecular flexibility index (Phi) is 5.95. The number of hydrogen-bond acceptors (Lipinski definition) is 3. The first-order valence-corrected chi connectivity index (χ1v) is 14.7. The lowest BCUT2D eigenvalue weighted by molar-refractivity contribution is -0.111.